The molecule has 1 amide bonds. The lowest BCUT2D eigenvalue weighted by Gasteiger charge is -2.25. The molecule has 124 valence electrons. The van der Waals surface area contributed by atoms with Crippen molar-refractivity contribution >= 4 is 5.91 Å². The average Bonchev–Trinajstić information content (AvgIpc) is 3.18. The van der Waals surface area contributed by atoms with E-state index in [1.54, 1.807) is 4.68 Å². The predicted molar refractivity (Wildman–Crippen MR) is 87.9 cm³/mol. The number of aryl methyl sites for hydroxylation is 3. The van der Waals surface area contributed by atoms with Crippen molar-refractivity contribution in [2.45, 2.75) is 52.1 Å². The summed E-state index contributed by atoms with van der Waals surface area (Å²) < 4.78 is 3.76. The van der Waals surface area contributed by atoms with Crippen LogP contribution in [0.4, 0.5) is 0 Å². The molecule has 0 bridgehead atoms. The van der Waals surface area contributed by atoms with Gasteiger partial charge < -0.3 is 4.90 Å². The molecule has 3 heterocycles. The highest BCUT2D eigenvalue weighted by Crippen LogP contribution is 2.32. The van der Waals surface area contributed by atoms with E-state index in [4.69, 9.17) is 0 Å². The first-order chi connectivity index (χ1) is 11.0. The third kappa shape index (κ3) is 3.16. The maximum absolute atomic E-state index is 12.8. The largest absolute Gasteiger partial charge is 0.335 e. The van der Waals surface area contributed by atoms with Gasteiger partial charge in [-0.2, -0.15) is 10.2 Å². The van der Waals surface area contributed by atoms with Crippen molar-refractivity contribution in [1.29, 1.82) is 0 Å². The van der Waals surface area contributed by atoms with Gasteiger partial charge in [-0.3, -0.25) is 14.2 Å². The van der Waals surface area contributed by atoms with Gasteiger partial charge in [0.25, 0.3) is 0 Å². The van der Waals surface area contributed by atoms with Gasteiger partial charge >= 0.3 is 0 Å². The molecule has 2 atom stereocenters. The van der Waals surface area contributed by atoms with Crippen molar-refractivity contribution in [1.82, 2.24) is 24.5 Å². The van der Waals surface area contributed by atoms with Crippen molar-refractivity contribution in [2.24, 2.45) is 7.05 Å². The standard InChI is InChI=1S/C17H25N5O/c1-12-8-13(2)22(19-12)14(3)9-17(23)21-7-5-6-16(21)15-10-18-20(4)11-15/h8,10-11,14,16H,5-7,9H2,1-4H3/t14-,16-/m1/s1. The number of hydrogen-bond acceptors (Lipinski definition) is 3. The van der Waals surface area contributed by atoms with Crippen molar-refractivity contribution < 1.29 is 4.79 Å². The number of carbonyl (C=O) groups excluding carboxylic acids is 1. The zero-order valence-electron chi connectivity index (χ0n) is 14.4. The summed E-state index contributed by atoms with van der Waals surface area (Å²) in [5, 5.41) is 8.75. The van der Waals surface area contributed by atoms with E-state index < -0.39 is 0 Å². The first kappa shape index (κ1) is 15.8. The van der Waals surface area contributed by atoms with Gasteiger partial charge in [-0.25, -0.2) is 0 Å². The van der Waals surface area contributed by atoms with Gasteiger partial charge in [-0.15, -0.1) is 0 Å². The molecule has 23 heavy (non-hydrogen) atoms. The number of amides is 1. The quantitative estimate of drug-likeness (QED) is 0.871. The normalized spacial score (nSPS) is 19.3. The van der Waals surface area contributed by atoms with Crippen LogP contribution in [0.3, 0.4) is 0 Å². The zero-order chi connectivity index (χ0) is 16.6. The number of hydrogen-bond donors (Lipinski definition) is 0. The average molecular weight is 315 g/mol. The van der Waals surface area contributed by atoms with E-state index in [2.05, 4.69) is 23.2 Å². The number of likely N-dealkylation sites (tertiary alicyclic amines) is 1. The molecule has 6 nitrogen and oxygen atoms in total. The van der Waals surface area contributed by atoms with Crippen LogP contribution in [0.1, 0.15) is 55.2 Å². The molecule has 0 radical (unpaired) electrons. The molecule has 0 aliphatic carbocycles. The lowest BCUT2D eigenvalue weighted by molar-refractivity contribution is -0.133. The zero-order valence-corrected chi connectivity index (χ0v) is 14.4. The lowest BCUT2D eigenvalue weighted by atomic mass is 10.1. The van der Waals surface area contributed by atoms with Crippen LogP contribution in [0.5, 0.6) is 0 Å². The van der Waals surface area contributed by atoms with Crippen LogP contribution in [0.25, 0.3) is 0 Å². The summed E-state index contributed by atoms with van der Waals surface area (Å²) in [6.45, 7) is 6.92. The summed E-state index contributed by atoms with van der Waals surface area (Å²) in [5.74, 6) is 0.205. The maximum Gasteiger partial charge on any atom is 0.225 e. The summed E-state index contributed by atoms with van der Waals surface area (Å²) in [5.41, 5.74) is 3.24. The predicted octanol–water partition coefficient (Wildman–Crippen LogP) is 2.55. The van der Waals surface area contributed by atoms with Gasteiger partial charge in [-0.1, -0.05) is 0 Å². The number of aromatic nitrogens is 4. The Labute approximate surface area is 137 Å². The fourth-order valence-electron chi connectivity index (χ4n) is 3.57. The minimum absolute atomic E-state index is 0.0753. The molecule has 0 saturated carbocycles. The highest BCUT2D eigenvalue weighted by atomic mass is 16.2. The Balaban J connectivity index is 1.71. The fraction of sp³-hybridized carbons (Fsp3) is 0.588. The Kier molecular flexibility index (Phi) is 4.24. The monoisotopic (exact) mass is 315 g/mol. The Hall–Kier alpha value is -2.11. The van der Waals surface area contributed by atoms with Crippen molar-refractivity contribution in [3.63, 3.8) is 0 Å². The number of carbonyl (C=O) groups is 1. The van der Waals surface area contributed by atoms with Gasteiger partial charge in [-0.05, 0) is 39.7 Å². The molecule has 0 N–H and O–H groups in total. The van der Waals surface area contributed by atoms with Crippen molar-refractivity contribution in [3.8, 4) is 0 Å². The third-order valence-corrected chi connectivity index (χ3v) is 4.61. The van der Waals surface area contributed by atoms with Gasteiger partial charge in [0.2, 0.25) is 5.91 Å². The van der Waals surface area contributed by atoms with E-state index in [1.165, 1.54) is 0 Å². The highest BCUT2D eigenvalue weighted by Gasteiger charge is 2.31. The Morgan fingerprint density at radius 1 is 1.43 bits per heavy atom. The lowest BCUT2D eigenvalue weighted by Crippen LogP contribution is -2.32. The Morgan fingerprint density at radius 2 is 2.22 bits per heavy atom. The highest BCUT2D eigenvalue weighted by molar-refractivity contribution is 5.77. The van der Waals surface area contributed by atoms with Crippen LogP contribution in [0, 0.1) is 13.8 Å². The smallest absolute Gasteiger partial charge is 0.225 e. The molecule has 2 aromatic heterocycles. The molecular weight excluding hydrogens is 290 g/mol. The summed E-state index contributed by atoms with van der Waals surface area (Å²) in [4.78, 5) is 14.8. The van der Waals surface area contributed by atoms with E-state index in [9.17, 15) is 4.79 Å². The molecule has 0 aromatic carbocycles. The minimum atomic E-state index is 0.0753. The maximum atomic E-state index is 12.8. The van der Waals surface area contributed by atoms with E-state index >= 15 is 0 Å². The van der Waals surface area contributed by atoms with Crippen LogP contribution in [-0.4, -0.2) is 36.9 Å². The molecule has 1 saturated heterocycles. The first-order valence-electron chi connectivity index (χ1n) is 8.26. The van der Waals surface area contributed by atoms with Crippen molar-refractivity contribution in [3.05, 3.63) is 35.4 Å². The van der Waals surface area contributed by atoms with E-state index in [0.29, 0.717) is 6.42 Å². The topological polar surface area (TPSA) is 56.0 Å². The first-order valence-corrected chi connectivity index (χ1v) is 8.26. The van der Waals surface area contributed by atoms with E-state index in [1.807, 2.05) is 42.9 Å². The summed E-state index contributed by atoms with van der Waals surface area (Å²) in [6.07, 6.45) is 6.45. The molecular formula is C17H25N5O. The summed E-state index contributed by atoms with van der Waals surface area (Å²) in [7, 11) is 1.91. The van der Waals surface area contributed by atoms with Gasteiger partial charge in [0.05, 0.1) is 24.0 Å². The third-order valence-electron chi connectivity index (χ3n) is 4.61. The Morgan fingerprint density at radius 3 is 2.83 bits per heavy atom. The van der Waals surface area contributed by atoms with Crippen LogP contribution >= 0.6 is 0 Å². The van der Waals surface area contributed by atoms with E-state index in [0.717, 1.165) is 36.3 Å². The summed E-state index contributed by atoms with van der Waals surface area (Å²) >= 11 is 0. The SMILES string of the molecule is Cc1cc(C)n([C@H](C)CC(=O)N2CCC[C@@H]2c2cnn(C)c2)n1. The van der Waals surface area contributed by atoms with Crippen molar-refractivity contribution in [2.75, 3.05) is 6.54 Å². The summed E-state index contributed by atoms with van der Waals surface area (Å²) in [6, 6.07) is 2.30. The molecule has 0 unspecified atom stereocenters. The second kappa shape index (κ2) is 6.18. The molecule has 1 aliphatic rings. The second-order valence-corrected chi connectivity index (χ2v) is 6.62. The van der Waals surface area contributed by atoms with E-state index in [-0.39, 0.29) is 18.0 Å². The van der Waals surface area contributed by atoms with Gasteiger partial charge in [0.15, 0.2) is 0 Å². The fourth-order valence-corrected chi connectivity index (χ4v) is 3.57. The molecule has 1 aliphatic heterocycles. The minimum Gasteiger partial charge on any atom is -0.335 e. The number of rotatable bonds is 4. The molecule has 2 aromatic rings. The van der Waals surface area contributed by atoms with Crippen LogP contribution < -0.4 is 0 Å². The van der Waals surface area contributed by atoms with Crippen LogP contribution in [-0.2, 0) is 11.8 Å². The molecule has 6 heteroatoms. The number of nitrogens with zero attached hydrogens (tertiary/aromatic N) is 5. The van der Waals surface area contributed by atoms with Gasteiger partial charge in [0, 0.05) is 37.5 Å². The van der Waals surface area contributed by atoms with Gasteiger partial charge in [0.1, 0.15) is 0 Å². The van der Waals surface area contributed by atoms with Crippen LogP contribution in [0.15, 0.2) is 18.5 Å². The molecule has 1 fully saturated rings. The molecule has 3 rings (SSSR count). The van der Waals surface area contributed by atoms with Crippen LogP contribution in [0.2, 0.25) is 0 Å². The Bertz CT molecular complexity index is 702. The molecule has 0 spiro atoms. The second-order valence-electron chi connectivity index (χ2n) is 6.62.